The molecule has 1 heterocycles. The molecule has 0 saturated carbocycles. The molecule has 3 rings (SSSR count). The summed E-state index contributed by atoms with van der Waals surface area (Å²) >= 11 is 0. The number of nitrogens with one attached hydrogen (secondary N) is 2. The molecule has 1 unspecified atom stereocenters. The van der Waals surface area contributed by atoms with E-state index in [-0.39, 0.29) is 18.0 Å². The second-order valence-electron chi connectivity index (χ2n) is 6.38. The van der Waals surface area contributed by atoms with E-state index < -0.39 is 0 Å². The first kappa shape index (κ1) is 17.8. The van der Waals surface area contributed by atoms with Gasteiger partial charge < -0.3 is 20.3 Å². The van der Waals surface area contributed by atoms with Crippen molar-refractivity contribution in [1.82, 2.24) is 10.6 Å². The number of nitrogens with zero attached hydrogens (tertiary/aromatic N) is 1. The second-order valence-corrected chi connectivity index (χ2v) is 6.38. The van der Waals surface area contributed by atoms with Crippen LogP contribution in [0.3, 0.4) is 0 Å². The standard InChI is InChI=1S/C20H23N3O3/c1-14-7-9-17(10-8-14)23-13-16(11-19(23)24)22-20(25)21-12-15-5-3-4-6-18(15)26-2/h3-10,16H,11-13H2,1-2H3,(H2,21,22,25). The van der Waals surface area contributed by atoms with Crippen LogP contribution in [0.1, 0.15) is 17.5 Å². The predicted octanol–water partition coefficient (Wildman–Crippen LogP) is 2.61. The Morgan fingerprint density at radius 2 is 1.92 bits per heavy atom. The predicted molar refractivity (Wildman–Crippen MR) is 100 cm³/mol. The third-order valence-corrected chi connectivity index (χ3v) is 4.44. The Labute approximate surface area is 153 Å². The number of anilines is 1. The fourth-order valence-electron chi connectivity index (χ4n) is 3.04. The Morgan fingerprint density at radius 3 is 2.65 bits per heavy atom. The summed E-state index contributed by atoms with van der Waals surface area (Å²) in [6, 6.07) is 14.8. The maximum absolute atomic E-state index is 12.3. The zero-order chi connectivity index (χ0) is 18.5. The first-order chi connectivity index (χ1) is 12.6. The summed E-state index contributed by atoms with van der Waals surface area (Å²) in [6.07, 6.45) is 0.302. The van der Waals surface area contributed by atoms with Gasteiger partial charge in [-0.3, -0.25) is 4.79 Å². The number of rotatable bonds is 5. The van der Waals surface area contributed by atoms with Crippen LogP contribution in [0.15, 0.2) is 48.5 Å². The van der Waals surface area contributed by atoms with Gasteiger partial charge in [-0.1, -0.05) is 35.9 Å². The van der Waals surface area contributed by atoms with Crippen molar-refractivity contribution in [3.8, 4) is 5.75 Å². The molecule has 0 bridgehead atoms. The number of benzene rings is 2. The summed E-state index contributed by atoms with van der Waals surface area (Å²) in [5, 5.41) is 5.69. The number of carbonyl (C=O) groups excluding carboxylic acids is 2. The van der Waals surface area contributed by atoms with Crippen molar-refractivity contribution in [2.45, 2.75) is 25.9 Å². The van der Waals surface area contributed by atoms with Gasteiger partial charge in [0, 0.05) is 30.8 Å². The van der Waals surface area contributed by atoms with Crippen molar-refractivity contribution in [3.05, 3.63) is 59.7 Å². The molecule has 0 radical (unpaired) electrons. The summed E-state index contributed by atoms with van der Waals surface area (Å²) in [7, 11) is 1.60. The number of amides is 3. The Bertz CT molecular complexity index is 789. The quantitative estimate of drug-likeness (QED) is 0.868. The number of hydrogen-bond acceptors (Lipinski definition) is 3. The third kappa shape index (κ3) is 4.14. The zero-order valence-corrected chi connectivity index (χ0v) is 15.0. The first-order valence-corrected chi connectivity index (χ1v) is 8.60. The average Bonchev–Trinajstić information content (AvgIpc) is 3.01. The van der Waals surface area contributed by atoms with E-state index in [0.717, 1.165) is 22.6 Å². The average molecular weight is 353 g/mol. The van der Waals surface area contributed by atoms with E-state index in [1.165, 1.54) is 0 Å². The van der Waals surface area contributed by atoms with Crippen LogP contribution in [0, 0.1) is 6.92 Å². The fourth-order valence-corrected chi connectivity index (χ4v) is 3.04. The van der Waals surface area contributed by atoms with E-state index in [1.807, 2.05) is 55.5 Å². The summed E-state index contributed by atoms with van der Waals surface area (Å²) in [5.74, 6) is 0.748. The molecule has 6 nitrogen and oxygen atoms in total. The monoisotopic (exact) mass is 353 g/mol. The van der Waals surface area contributed by atoms with Gasteiger partial charge in [-0.2, -0.15) is 0 Å². The normalized spacial score (nSPS) is 16.5. The lowest BCUT2D eigenvalue weighted by molar-refractivity contribution is -0.117. The molecule has 26 heavy (non-hydrogen) atoms. The Morgan fingerprint density at radius 1 is 1.19 bits per heavy atom. The largest absolute Gasteiger partial charge is 0.496 e. The summed E-state index contributed by atoms with van der Waals surface area (Å²) in [4.78, 5) is 26.1. The van der Waals surface area contributed by atoms with Crippen molar-refractivity contribution in [2.75, 3.05) is 18.6 Å². The maximum Gasteiger partial charge on any atom is 0.315 e. The van der Waals surface area contributed by atoms with Crippen LogP contribution in [-0.2, 0) is 11.3 Å². The van der Waals surface area contributed by atoms with E-state index in [9.17, 15) is 9.59 Å². The third-order valence-electron chi connectivity index (χ3n) is 4.44. The van der Waals surface area contributed by atoms with Gasteiger partial charge in [0.2, 0.25) is 5.91 Å². The van der Waals surface area contributed by atoms with Crippen LogP contribution < -0.4 is 20.3 Å². The van der Waals surface area contributed by atoms with E-state index in [2.05, 4.69) is 10.6 Å². The molecule has 0 aromatic heterocycles. The Hall–Kier alpha value is -3.02. The van der Waals surface area contributed by atoms with Gasteiger partial charge >= 0.3 is 6.03 Å². The van der Waals surface area contributed by atoms with Gasteiger partial charge in [-0.15, -0.1) is 0 Å². The molecule has 3 amide bonds. The maximum atomic E-state index is 12.3. The minimum Gasteiger partial charge on any atom is -0.496 e. The number of aryl methyl sites for hydroxylation is 1. The van der Waals surface area contributed by atoms with Crippen molar-refractivity contribution in [1.29, 1.82) is 0 Å². The van der Waals surface area contributed by atoms with Gasteiger partial charge in [0.1, 0.15) is 5.75 Å². The molecular formula is C20H23N3O3. The van der Waals surface area contributed by atoms with Gasteiger partial charge in [0.05, 0.1) is 13.2 Å². The molecule has 1 atom stereocenters. The summed E-state index contributed by atoms with van der Waals surface area (Å²) < 4.78 is 5.27. The molecule has 1 aliphatic rings. The molecule has 0 spiro atoms. The molecular weight excluding hydrogens is 330 g/mol. The smallest absolute Gasteiger partial charge is 0.315 e. The molecule has 2 aromatic carbocycles. The zero-order valence-electron chi connectivity index (χ0n) is 15.0. The highest BCUT2D eigenvalue weighted by molar-refractivity contribution is 5.96. The van der Waals surface area contributed by atoms with Crippen LogP contribution in [-0.4, -0.2) is 31.6 Å². The van der Waals surface area contributed by atoms with Gasteiger partial charge in [0.15, 0.2) is 0 Å². The number of carbonyl (C=O) groups is 2. The van der Waals surface area contributed by atoms with Crippen LogP contribution in [0.2, 0.25) is 0 Å². The highest BCUT2D eigenvalue weighted by Gasteiger charge is 2.31. The minimum absolute atomic E-state index is 0.0175. The van der Waals surface area contributed by atoms with Crippen LogP contribution in [0.25, 0.3) is 0 Å². The summed E-state index contributed by atoms with van der Waals surface area (Å²) in [6.45, 7) is 2.84. The van der Waals surface area contributed by atoms with E-state index in [1.54, 1.807) is 12.0 Å². The summed E-state index contributed by atoms with van der Waals surface area (Å²) in [5.41, 5.74) is 2.90. The molecule has 2 aromatic rings. The molecule has 1 aliphatic heterocycles. The van der Waals surface area contributed by atoms with Crippen molar-refractivity contribution in [3.63, 3.8) is 0 Å². The van der Waals surface area contributed by atoms with E-state index in [0.29, 0.717) is 19.5 Å². The van der Waals surface area contributed by atoms with Crippen molar-refractivity contribution >= 4 is 17.6 Å². The molecule has 136 valence electrons. The highest BCUT2D eigenvalue weighted by Crippen LogP contribution is 2.22. The number of ether oxygens (including phenoxy) is 1. The first-order valence-electron chi connectivity index (χ1n) is 8.60. The lowest BCUT2D eigenvalue weighted by atomic mass is 10.2. The Balaban J connectivity index is 1.53. The number of methoxy groups -OCH3 is 1. The molecule has 6 heteroatoms. The van der Waals surface area contributed by atoms with Crippen molar-refractivity contribution in [2.24, 2.45) is 0 Å². The van der Waals surface area contributed by atoms with E-state index >= 15 is 0 Å². The molecule has 0 aliphatic carbocycles. The van der Waals surface area contributed by atoms with Crippen molar-refractivity contribution < 1.29 is 14.3 Å². The second kappa shape index (κ2) is 7.91. The van der Waals surface area contributed by atoms with Crippen LogP contribution >= 0.6 is 0 Å². The highest BCUT2D eigenvalue weighted by atomic mass is 16.5. The number of urea groups is 1. The van der Waals surface area contributed by atoms with Crippen LogP contribution in [0.4, 0.5) is 10.5 Å². The Kier molecular flexibility index (Phi) is 5.41. The van der Waals surface area contributed by atoms with Gasteiger partial charge in [-0.05, 0) is 25.1 Å². The van der Waals surface area contributed by atoms with Crippen LogP contribution in [0.5, 0.6) is 5.75 Å². The lowest BCUT2D eigenvalue weighted by Gasteiger charge is -2.18. The van der Waals surface area contributed by atoms with Gasteiger partial charge in [0.25, 0.3) is 0 Å². The SMILES string of the molecule is COc1ccccc1CNC(=O)NC1CC(=O)N(c2ccc(C)cc2)C1. The topological polar surface area (TPSA) is 70.7 Å². The van der Waals surface area contributed by atoms with Gasteiger partial charge in [-0.25, -0.2) is 4.79 Å². The number of hydrogen-bond donors (Lipinski definition) is 2. The molecule has 2 N–H and O–H groups in total. The van der Waals surface area contributed by atoms with E-state index in [4.69, 9.17) is 4.74 Å². The molecule has 1 fully saturated rings. The molecule has 1 saturated heterocycles. The fraction of sp³-hybridized carbons (Fsp3) is 0.300. The lowest BCUT2D eigenvalue weighted by Crippen LogP contribution is -2.43. The minimum atomic E-state index is -0.292. The number of para-hydroxylation sites is 1.